The van der Waals surface area contributed by atoms with Gasteiger partial charge in [-0.05, 0) is 25.8 Å². The topological polar surface area (TPSA) is 58.0 Å². The normalized spacial score (nSPS) is 15.3. The SMILES string of the molecule is CCCCc1cc2c(N3CCN(c4nnc(C)s4)CC3)ncnc2s1. The second-order valence-electron chi connectivity index (χ2n) is 6.31. The largest absolute Gasteiger partial charge is 0.352 e. The summed E-state index contributed by atoms with van der Waals surface area (Å²) >= 11 is 3.48. The first kappa shape index (κ1) is 16.7. The highest BCUT2D eigenvalue weighted by molar-refractivity contribution is 7.18. The summed E-state index contributed by atoms with van der Waals surface area (Å²) in [5, 5.41) is 11.7. The number of aromatic nitrogens is 4. The van der Waals surface area contributed by atoms with Crippen LogP contribution in [0.1, 0.15) is 29.7 Å². The lowest BCUT2D eigenvalue weighted by Gasteiger charge is -2.35. The molecular weight excluding hydrogens is 352 g/mol. The van der Waals surface area contributed by atoms with Gasteiger partial charge in [-0.25, -0.2) is 9.97 Å². The van der Waals surface area contributed by atoms with Crippen molar-refractivity contribution in [1.29, 1.82) is 0 Å². The van der Waals surface area contributed by atoms with Gasteiger partial charge in [0.1, 0.15) is 22.0 Å². The van der Waals surface area contributed by atoms with Crippen LogP contribution in [0.3, 0.4) is 0 Å². The van der Waals surface area contributed by atoms with E-state index >= 15 is 0 Å². The van der Waals surface area contributed by atoms with E-state index in [0.29, 0.717) is 0 Å². The molecule has 1 saturated heterocycles. The molecule has 1 fully saturated rings. The van der Waals surface area contributed by atoms with Crippen molar-refractivity contribution in [3.05, 3.63) is 22.3 Å². The molecule has 0 aliphatic carbocycles. The summed E-state index contributed by atoms with van der Waals surface area (Å²) in [6, 6.07) is 2.30. The predicted molar refractivity (Wildman–Crippen MR) is 105 cm³/mol. The predicted octanol–water partition coefficient (Wildman–Crippen LogP) is 3.52. The van der Waals surface area contributed by atoms with Gasteiger partial charge in [0.05, 0.1) is 5.39 Å². The van der Waals surface area contributed by atoms with Crippen LogP contribution in [-0.4, -0.2) is 46.3 Å². The van der Waals surface area contributed by atoms with Crippen LogP contribution in [0.15, 0.2) is 12.4 Å². The lowest BCUT2D eigenvalue weighted by molar-refractivity contribution is 0.645. The lowest BCUT2D eigenvalue weighted by Crippen LogP contribution is -2.46. The molecule has 0 aromatic carbocycles. The summed E-state index contributed by atoms with van der Waals surface area (Å²) < 4.78 is 0. The zero-order valence-electron chi connectivity index (χ0n) is 14.6. The van der Waals surface area contributed by atoms with E-state index in [1.165, 1.54) is 23.1 Å². The van der Waals surface area contributed by atoms with E-state index < -0.39 is 0 Å². The number of piperazine rings is 1. The van der Waals surface area contributed by atoms with E-state index in [4.69, 9.17) is 0 Å². The number of fused-ring (bicyclic) bond motifs is 1. The minimum absolute atomic E-state index is 0.949. The van der Waals surface area contributed by atoms with Crippen LogP contribution in [0.25, 0.3) is 10.2 Å². The Kier molecular flexibility index (Phi) is 4.80. The average molecular weight is 375 g/mol. The van der Waals surface area contributed by atoms with Gasteiger partial charge in [-0.15, -0.1) is 21.5 Å². The first-order valence-corrected chi connectivity index (χ1v) is 10.4. The molecular formula is C17H22N6S2. The Morgan fingerprint density at radius 3 is 2.56 bits per heavy atom. The van der Waals surface area contributed by atoms with Gasteiger partial charge in [-0.2, -0.15) is 0 Å². The van der Waals surface area contributed by atoms with Crippen molar-refractivity contribution < 1.29 is 0 Å². The molecule has 0 radical (unpaired) electrons. The molecule has 6 nitrogen and oxygen atoms in total. The third-order valence-corrected chi connectivity index (χ3v) is 6.50. The Balaban J connectivity index is 1.51. The van der Waals surface area contributed by atoms with E-state index in [2.05, 4.69) is 43.0 Å². The van der Waals surface area contributed by atoms with Crippen molar-refractivity contribution in [3.63, 3.8) is 0 Å². The number of thiophene rings is 1. The van der Waals surface area contributed by atoms with Gasteiger partial charge in [0.25, 0.3) is 0 Å². The number of rotatable bonds is 5. The Morgan fingerprint density at radius 2 is 1.84 bits per heavy atom. The molecule has 0 saturated carbocycles. The molecule has 4 rings (SSSR count). The summed E-state index contributed by atoms with van der Waals surface area (Å²) in [6.45, 7) is 8.04. The van der Waals surface area contributed by atoms with E-state index in [-0.39, 0.29) is 0 Å². The summed E-state index contributed by atoms with van der Waals surface area (Å²) in [5.41, 5.74) is 0. The Bertz CT molecular complexity index is 850. The first-order chi connectivity index (χ1) is 12.2. The number of unbranched alkanes of at least 4 members (excludes halogenated alkanes) is 1. The molecule has 0 unspecified atom stereocenters. The van der Waals surface area contributed by atoms with Crippen LogP contribution >= 0.6 is 22.7 Å². The molecule has 4 heterocycles. The quantitative estimate of drug-likeness (QED) is 0.681. The Hall–Kier alpha value is -1.80. The first-order valence-electron chi connectivity index (χ1n) is 8.78. The van der Waals surface area contributed by atoms with Crippen LogP contribution in [0.2, 0.25) is 0 Å². The van der Waals surface area contributed by atoms with Crippen molar-refractivity contribution in [2.75, 3.05) is 36.0 Å². The molecule has 0 spiro atoms. The van der Waals surface area contributed by atoms with E-state index in [1.54, 1.807) is 17.7 Å². The molecule has 8 heteroatoms. The van der Waals surface area contributed by atoms with Gasteiger partial charge in [-0.3, -0.25) is 0 Å². The zero-order valence-corrected chi connectivity index (χ0v) is 16.2. The van der Waals surface area contributed by atoms with Crippen LogP contribution in [0.5, 0.6) is 0 Å². The molecule has 0 atom stereocenters. The number of anilines is 2. The molecule has 1 aliphatic heterocycles. The molecule has 0 bridgehead atoms. The second-order valence-corrected chi connectivity index (χ2v) is 8.59. The van der Waals surface area contributed by atoms with Crippen LogP contribution in [0, 0.1) is 6.92 Å². The van der Waals surface area contributed by atoms with Gasteiger partial charge in [0, 0.05) is 31.1 Å². The van der Waals surface area contributed by atoms with Crippen LogP contribution < -0.4 is 9.80 Å². The van der Waals surface area contributed by atoms with E-state index in [0.717, 1.165) is 53.4 Å². The summed E-state index contributed by atoms with van der Waals surface area (Å²) in [6.07, 6.45) is 5.30. The Labute approximate surface area is 155 Å². The van der Waals surface area contributed by atoms with Crippen molar-refractivity contribution in [1.82, 2.24) is 20.2 Å². The average Bonchev–Trinajstić information content (AvgIpc) is 3.25. The fourth-order valence-electron chi connectivity index (χ4n) is 3.14. The monoisotopic (exact) mass is 374 g/mol. The smallest absolute Gasteiger partial charge is 0.208 e. The maximum atomic E-state index is 4.60. The van der Waals surface area contributed by atoms with Crippen molar-refractivity contribution in [2.45, 2.75) is 33.1 Å². The van der Waals surface area contributed by atoms with Gasteiger partial charge < -0.3 is 9.80 Å². The Morgan fingerprint density at radius 1 is 1.04 bits per heavy atom. The molecule has 0 amide bonds. The highest BCUT2D eigenvalue weighted by Gasteiger charge is 2.22. The van der Waals surface area contributed by atoms with Crippen LogP contribution in [0.4, 0.5) is 10.9 Å². The summed E-state index contributed by atoms with van der Waals surface area (Å²) in [7, 11) is 0. The third kappa shape index (κ3) is 3.46. The summed E-state index contributed by atoms with van der Waals surface area (Å²) in [4.78, 5) is 16.3. The van der Waals surface area contributed by atoms with Gasteiger partial charge >= 0.3 is 0 Å². The van der Waals surface area contributed by atoms with Gasteiger partial charge in [0.15, 0.2) is 0 Å². The lowest BCUT2D eigenvalue weighted by atomic mass is 10.2. The molecule has 3 aromatic rings. The second kappa shape index (κ2) is 7.21. The van der Waals surface area contributed by atoms with E-state index in [1.807, 2.05) is 18.3 Å². The maximum absolute atomic E-state index is 4.60. The van der Waals surface area contributed by atoms with E-state index in [9.17, 15) is 0 Å². The van der Waals surface area contributed by atoms with Crippen molar-refractivity contribution in [2.24, 2.45) is 0 Å². The van der Waals surface area contributed by atoms with Gasteiger partial charge in [0.2, 0.25) is 5.13 Å². The minimum Gasteiger partial charge on any atom is -0.352 e. The number of hydrogen-bond acceptors (Lipinski definition) is 8. The third-order valence-electron chi connectivity index (χ3n) is 4.50. The number of aryl methyl sites for hydroxylation is 2. The highest BCUT2D eigenvalue weighted by Crippen LogP contribution is 2.32. The van der Waals surface area contributed by atoms with Crippen LogP contribution in [-0.2, 0) is 6.42 Å². The fourth-order valence-corrected chi connectivity index (χ4v) is 4.91. The molecule has 3 aromatic heterocycles. The molecule has 0 N–H and O–H groups in total. The standard InChI is InChI=1S/C17H22N6S2/c1-3-4-5-13-10-14-15(18-11-19-16(14)25-13)22-6-8-23(9-7-22)17-21-20-12(2)24-17/h10-11H,3-9H2,1-2H3. The zero-order chi connectivity index (χ0) is 17.2. The molecule has 1 aliphatic rings. The minimum atomic E-state index is 0.949. The van der Waals surface area contributed by atoms with Gasteiger partial charge in [-0.1, -0.05) is 24.7 Å². The number of hydrogen-bond donors (Lipinski definition) is 0. The fraction of sp³-hybridized carbons (Fsp3) is 0.529. The maximum Gasteiger partial charge on any atom is 0.208 e. The van der Waals surface area contributed by atoms with Crippen molar-refractivity contribution in [3.8, 4) is 0 Å². The number of nitrogens with zero attached hydrogens (tertiary/aromatic N) is 6. The van der Waals surface area contributed by atoms with Crippen molar-refractivity contribution >= 4 is 43.8 Å². The molecule has 132 valence electrons. The molecule has 25 heavy (non-hydrogen) atoms. The summed E-state index contributed by atoms with van der Waals surface area (Å²) in [5.74, 6) is 1.08. The highest BCUT2D eigenvalue weighted by atomic mass is 32.1.